The molecule has 0 radical (unpaired) electrons. The van der Waals surface area contributed by atoms with Gasteiger partial charge in [-0.05, 0) is 68.9 Å². The number of carboxylic acid groups (broad SMARTS) is 1. The molecule has 1 aromatic carbocycles. The summed E-state index contributed by atoms with van der Waals surface area (Å²) in [5, 5.41) is 16.6. The Morgan fingerprint density at radius 2 is 2.15 bits per heavy atom. The van der Waals surface area contributed by atoms with Crippen LogP contribution in [-0.4, -0.2) is 51.1 Å². The highest BCUT2D eigenvalue weighted by Gasteiger charge is 2.38. The van der Waals surface area contributed by atoms with Gasteiger partial charge < -0.3 is 20.3 Å². The number of hydrogen-bond donors (Lipinski definition) is 4. The minimum atomic E-state index is -0.934. The Morgan fingerprint density at radius 1 is 1.27 bits per heavy atom. The highest BCUT2D eigenvalue weighted by Crippen LogP contribution is 2.33. The van der Waals surface area contributed by atoms with E-state index in [1.54, 1.807) is 4.90 Å². The Morgan fingerprint density at radius 3 is 3.00 bits per heavy atom. The zero-order chi connectivity index (χ0) is 22.8. The normalized spacial score (nSPS) is 23.6. The number of nitrogens with zero attached hydrogens (tertiary/aromatic N) is 2. The van der Waals surface area contributed by atoms with Gasteiger partial charge in [0.05, 0.1) is 23.6 Å². The van der Waals surface area contributed by atoms with Crippen molar-refractivity contribution >= 4 is 22.9 Å². The lowest BCUT2D eigenvalue weighted by Gasteiger charge is -2.32. The Hall–Kier alpha value is -3.13. The minimum absolute atomic E-state index is 0.0448. The molecule has 3 aliphatic heterocycles. The molecular formula is C25H31N5O3. The van der Waals surface area contributed by atoms with Gasteiger partial charge in [0.25, 0.3) is 0 Å². The van der Waals surface area contributed by atoms with Gasteiger partial charge in [-0.2, -0.15) is 0 Å². The van der Waals surface area contributed by atoms with Gasteiger partial charge in [-0.25, -0.2) is 4.98 Å². The SMILES string of the molecule is O=C(O)C[C@@H](c1nc2ccccc2[nH]1)N1CCC(CCCC2=CC=C3CCCNC3N2)C1=O. The lowest BCUT2D eigenvalue weighted by Crippen LogP contribution is -2.47. The number of imidazole rings is 1. The van der Waals surface area contributed by atoms with E-state index in [9.17, 15) is 14.7 Å². The number of piperidine rings is 1. The minimum Gasteiger partial charge on any atom is -0.481 e. The number of carbonyl (C=O) groups is 2. The van der Waals surface area contributed by atoms with Crippen molar-refractivity contribution in [2.24, 2.45) is 5.92 Å². The molecule has 0 saturated carbocycles. The van der Waals surface area contributed by atoms with Crippen LogP contribution < -0.4 is 10.6 Å². The van der Waals surface area contributed by atoms with Gasteiger partial charge in [-0.3, -0.25) is 14.9 Å². The number of amides is 1. The van der Waals surface area contributed by atoms with Crippen LogP contribution in [0.5, 0.6) is 0 Å². The Bertz CT molecular complexity index is 1070. The standard InChI is InChI=1S/C25H31N5O3/c31-22(32)15-21(24-28-19-8-1-2-9-20(19)29-24)30-14-12-17(25(30)33)5-3-7-18-11-10-16-6-4-13-26-23(16)27-18/h1-2,8-11,17,21,23,26-27H,3-7,12-15H2,(H,28,29)(H,31,32)/t17?,21-,23?/m0/s1. The van der Waals surface area contributed by atoms with Crippen LogP contribution in [0.2, 0.25) is 0 Å². The molecule has 174 valence electrons. The number of H-pyrrole nitrogens is 1. The van der Waals surface area contributed by atoms with Crippen LogP contribution >= 0.6 is 0 Å². The Labute approximate surface area is 193 Å². The lowest BCUT2D eigenvalue weighted by atomic mass is 9.96. The molecule has 2 fully saturated rings. The molecule has 3 aliphatic rings. The van der Waals surface area contributed by atoms with E-state index in [1.165, 1.54) is 17.7 Å². The summed E-state index contributed by atoms with van der Waals surface area (Å²) in [5.74, 6) is -0.403. The third kappa shape index (κ3) is 4.66. The topological polar surface area (TPSA) is 110 Å². The van der Waals surface area contributed by atoms with Crippen LogP contribution in [0.4, 0.5) is 0 Å². The molecule has 0 spiro atoms. The first kappa shape index (κ1) is 21.7. The number of dihydropyridines is 1. The summed E-state index contributed by atoms with van der Waals surface area (Å²) in [6, 6.07) is 7.03. The molecule has 2 aromatic rings. The number of carbonyl (C=O) groups excluding carboxylic acids is 1. The molecule has 1 aromatic heterocycles. The van der Waals surface area contributed by atoms with E-state index in [0.29, 0.717) is 12.4 Å². The molecule has 3 atom stereocenters. The largest absolute Gasteiger partial charge is 0.481 e. The van der Waals surface area contributed by atoms with Gasteiger partial charge in [0.15, 0.2) is 0 Å². The van der Waals surface area contributed by atoms with Gasteiger partial charge >= 0.3 is 5.97 Å². The predicted molar refractivity (Wildman–Crippen MR) is 125 cm³/mol. The molecule has 8 heteroatoms. The summed E-state index contributed by atoms with van der Waals surface area (Å²) in [5.41, 5.74) is 4.26. The summed E-state index contributed by atoms with van der Waals surface area (Å²) in [6.45, 7) is 1.61. The molecule has 8 nitrogen and oxygen atoms in total. The first-order chi connectivity index (χ1) is 16.1. The summed E-state index contributed by atoms with van der Waals surface area (Å²) in [7, 11) is 0. The van der Waals surface area contributed by atoms with Crippen molar-refractivity contribution in [2.45, 2.75) is 57.2 Å². The number of rotatable bonds is 8. The number of aliphatic carboxylic acids is 1. The van der Waals surface area contributed by atoms with Crippen molar-refractivity contribution in [1.82, 2.24) is 25.5 Å². The van der Waals surface area contributed by atoms with Crippen LogP contribution in [0.25, 0.3) is 11.0 Å². The summed E-state index contributed by atoms with van der Waals surface area (Å²) < 4.78 is 0. The van der Waals surface area contributed by atoms with Gasteiger partial charge in [-0.1, -0.05) is 18.2 Å². The van der Waals surface area contributed by atoms with Crippen LogP contribution in [0.1, 0.15) is 56.8 Å². The van der Waals surface area contributed by atoms with E-state index in [1.807, 2.05) is 24.3 Å². The highest BCUT2D eigenvalue weighted by molar-refractivity contribution is 5.82. The number of hydrogen-bond acceptors (Lipinski definition) is 5. The fourth-order valence-electron chi connectivity index (χ4n) is 5.26. The molecule has 1 amide bonds. The van der Waals surface area contributed by atoms with E-state index >= 15 is 0 Å². The van der Waals surface area contributed by atoms with Gasteiger partial charge in [0.1, 0.15) is 11.9 Å². The van der Waals surface area contributed by atoms with Crippen LogP contribution in [0, 0.1) is 5.92 Å². The number of aromatic amines is 1. The van der Waals surface area contributed by atoms with Gasteiger partial charge in [0, 0.05) is 18.2 Å². The van der Waals surface area contributed by atoms with Gasteiger partial charge in [0.2, 0.25) is 5.91 Å². The van der Waals surface area contributed by atoms with Crippen molar-refractivity contribution in [3.05, 3.63) is 53.5 Å². The second-order valence-electron chi connectivity index (χ2n) is 9.23. The molecule has 0 bridgehead atoms. The van der Waals surface area contributed by atoms with Crippen LogP contribution in [0.3, 0.4) is 0 Å². The molecule has 5 rings (SSSR count). The number of nitrogens with one attached hydrogen (secondary N) is 3. The van der Waals surface area contributed by atoms with Crippen LogP contribution in [0.15, 0.2) is 47.7 Å². The fourth-order valence-corrected chi connectivity index (χ4v) is 5.26. The first-order valence-corrected chi connectivity index (χ1v) is 11.9. The first-order valence-electron chi connectivity index (χ1n) is 11.9. The average Bonchev–Trinajstić information content (AvgIpc) is 3.41. The summed E-state index contributed by atoms with van der Waals surface area (Å²) in [4.78, 5) is 34.3. The maximum atomic E-state index is 13.2. The second kappa shape index (κ2) is 9.39. The van der Waals surface area contributed by atoms with Crippen molar-refractivity contribution in [1.29, 1.82) is 0 Å². The Balaban J connectivity index is 1.21. The number of allylic oxidation sites excluding steroid dienone is 3. The van der Waals surface area contributed by atoms with Crippen molar-refractivity contribution in [2.75, 3.05) is 13.1 Å². The van der Waals surface area contributed by atoms with E-state index in [2.05, 4.69) is 32.8 Å². The van der Waals surface area contributed by atoms with Crippen molar-refractivity contribution < 1.29 is 14.7 Å². The zero-order valence-electron chi connectivity index (χ0n) is 18.7. The number of likely N-dealkylation sites (tertiary alicyclic amines) is 1. The molecule has 2 saturated heterocycles. The van der Waals surface area contributed by atoms with E-state index < -0.39 is 12.0 Å². The predicted octanol–water partition coefficient (Wildman–Crippen LogP) is 3.22. The number of aromatic nitrogens is 2. The quantitative estimate of drug-likeness (QED) is 0.493. The van der Waals surface area contributed by atoms with E-state index in [0.717, 1.165) is 49.7 Å². The number of para-hydroxylation sites is 2. The van der Waals surface area contributed by atoms with E-state index in [-0.39, 0.29) is 24.4 Å². The highest BCUT2D eigenvalue weighted by atomic mass is 16.4. The number of carboxylic acids is 1. The maximum Gasteiger partial charge on any atom is 0.305 e. The summed E-state index contributed by atoms with van der Waals surface area (Å²) >= 11 is 0. The molecular weight excluding hydrogens is 418 g/mol. The Kier molecular flexibility index (Phi) is 6.17. The molecule has 2 unspecified atom stereocenters. The zero-order valence-corrected chi connectivity index (χ0v) is 18.7. The molecule has 4 N–H and O–H groups in total. The number of fused-ring (bicyclic) bond motifs is 2. The fraction of sp³-hybridized carbons (Fsp3) is 0.480. The third-order valence-corrected chi connectivity index (χ3v) is 7.01. The molecule has 33 heavy (non-hydrogen) atoms. The average molecular weight is 450 g/mol. The number of benzene rings is 1. The summed E-state index contributed by atoms with van der Waals surface area (Å²) in [6.07, 6.45) is 10.2. The van der Waals surface area contributed by atoms with E-state index in [4.69, 9.17) is 0 Å². The molecule has 0 aliphatic carbocycles. The van der Waals surface area contributed by atoms with Crippen LogP contribution in [-0.2, 0) is 9.59 Å². The van der Waals surface area contributed by atoms with Crippen molar-refractivity contribution in [3.8, 4) is 0 Å². The van der Waals surface area contributed by atoms with Gasteiger partial charge in [-0.15, -0.1) is 0 Å². The molecule has 4 heterocycles. The monoisotopic (exact) mass is 449 g/mol. The third-order valence-electron chi connectivity index (χ3n) is 7.01. The second-order valence-corrected chi connectivity index (χ2v) is 9.23. The maximum absolute atomic E-state index is 13.2. The lowest BCUT2D eigenvalue weighted by molar-refractivity contribution is -0.140. The smallest absolute Gasteiger partial charge is 0.305 e. The van der Waals surface area contributed by atoms with Crippen molar-refractivity contribution in [3.63, 3.8) is 0 Å².